The summed E-state index contributed by atoms with van der Waals surface area (Å²) in [5, 5.41) is 1.55. The number of hydrogen-bond donors (Lipinski definition) is 0. The molecule has 1 aromatic carbocycles. The summed E-state index contributed by atoms with van der Waals surface area (Å²) in [5.41, 5.74) is 1.45. The number of benzene rings is 1. The standard InChI is InChI=1S/C11H17P/c1-3-4-9-12-11-8-6-5-7-10(11)2/h5-8,12H,3-4,9H2,1-2H3. The Balaban J connectivity index is 2.46. The third kappa shape index (κ3) is 2.95. The number of aryl methyl sites for hydroxylation is 1. The summed E-state index contributed by atoms with van der Waals surface area (Å²) in [4.78, 5) is 0. The zero-order chi connectivity index (χ0) is 8.81. The van der Waals surface area contributed by atoms with E-state index in [1.807, 2.05) is 0 Å². The van der Waals surface area contributed by atoms with Gasteiger partial charge < -0.3 is 0 Å². The molecule has 0 radical (unpaired) electrons. The van der Waals surface area contributed by atoms with Crippen LogP contribution in [0.3, 0.4) is 0 Å². The lowest BCUT2D eigenvalue weighted by atomic mass is 10.2. The van der Waals surface area contributed by atoms with Gasteiger partial charge in [0.1, 0.15) is 0 Å². The molecule has 0 aliphatic carbocycles. The van der Waals surface area contributed by atoms with Crippen molar-refractivity contribution in [1.29, 1.82) is 0 Å². The van der Waals surface area contributed by atoms with Crippen LogP contribution in [-0.4, -0.2) is 6.16 Å². The molecular weight excluding hydrogens is 163 g/mol. The molecule has 0 saturated carbocycles. The number of unbranched alkanes of at least 4 members (excludes halogenated alkanes) is 1. The maximum absolute atomic E-state index is 2.25. The van der Waals surface area contributed by atoms with E-state index in [-0.39, 0.29) is 0 Å². The van der Waals surface area contributed by atoms with Gasteiger partial charge in [0.15, 0.2) is 0 Å². The zero-order valence-electron chi connectivity index (χ0n) is 7.93. The molecule has 0 saturated heterocycles. The molecule has 0 aliphatic heterocycles. The van der Waals surface area contributed by atoms with Gasteiger partial charge in [-0.2, -0.15) is 0 Å². The van der Waals surface area contributed by atoms with E-state index in [0.717, 1.165) is 8.58 Å². The molecule has 0 amide bonds. The fourth-order valence-electron chi connectivity index (χ4n) is 1.17. The highest BCUT2D eigenvalue weighted by Gasteiger charge is 1.94. The minimum absolute atomic E-state index is 1.01. The van der Waals surface area contributed by atoms with Crippen molar-refractivity contribution in [3.05, 3.63) is 29.8 Å². The van der Waals surface area contributed by atoms with Crippen LogP contribution in [0.1, 0.15) is 25.3 Å². The van der Waals surface area contributed by atoms with Crippen molar-refractivity contribution in [1.82, 2.24) is 0 Å². The molecule has 0 aliphatic rings. The quantitative estimate of drug-likeness (QED) is 0.493. The van der Waals surface area contributed by atoms with Gasteiger partial charge in [-0.25, -0.2) is 0 Å². The van der Waals surface area contributed by atoms with Crippen LogP contribution in [0, 0.1) is 6.92 Å². The fourth-order valence-corrected chi connectivity index (χ4v) is 2.55. The molecule has 1 atom stereocenters. The average molecular weight is 180 g/mol. The van der Waals surface area contributed by atoms with Crippen molar-refractivity contribution in [2.24, 2.45) is 0 Å². The van der Waals surface area contributed by atoms with Crippen LogP contribution in [-0.2, 0) is 0 Å². The van der Waals surface area contributed by atoms with Gasteiger partial charge in [0.05, 0.1) is 0 Å². The molecule has 0 aromatic heterocycles. The average Bonchev–Trinajstić information content (AvgIpc) is 2.09. The van der Waals surface area contributed by atoms with E-state index in [0.29, 0.717) is 0 Å². The Morgan fingerprint density at radius 2 is 2.00 bits per heavy atom. The summed E-state index contributed by atoms with van der Waals surface area (Å²) in [6.45, 7) is 4.45. The summed E-state index contributed by atoms with van der Waals surface area (Å²) in [6.07, 6.45) is 4.05. The molecule has 0 N–H and O–H groups in total. The first-order chi connectivity index (χ1) is 5.84. The van der Waals surface area contributed by atoms with E-state index in [9.17, 15) is 0 Å². The Morgan fingerprint density at radius 3 is 2.67 bits per heavy atom. The van der Waals surface area contributed by atoms with Crippen molar-refractivity contribution in [3.8, 4) is 0 Å². The van der Waals surface area contributed by atoms with Crippen LogP contribution < -0.4 is 5.30 Å². The first-order valence-electron chi connectivity index (χ1n) is 4.64. The normalized spacial score (nSPS) is 11.2. The summed E-state index contributed by atoms with van der Waals surface area (Å²) in [5.74, 6) is 0. The topological polar surface area (TPSA) is 0 Å². The van der Waals surface area contributed by atoms with Crippen LogP contribution in [0.2, 0.25) is 0 Å². The van der Waals surface area contributed by atoms with Crippen molar-refractivity contribution in [2.45, 2.75) is 26.7 Å². The van der Waals surface area contributed by atoms with Crippen LogP contribution in [0.4, 0.5) is 0 Å². The lowest BCUT2D eigenvalue weighted by Crippen LogP contribution is -1.99. The fraction of sp³-hybridized carbons (Fsp3) is 0.455. The van der Waals surface area contributed by atoms with Gasteiger partial charge in [0.2, 0.25) is 0 Å². The molecule has 0 nitrogen and oxygen atoms in total. The SMILES string of the molecule is CCCCPc1ccccc1C. The molecule has 12 heavy (non-hydrogen) atoms. The van der Waals surface area contributed by atoms with E-state index < -0.39 is 0 Å². The Hall–Kier alpha value is -0.350. The first-order valence-corrected chi connectivity index (χ1v) is 5.85. The van der Waals surface area contributed by atoms with Gasteiger partial charge in [-0.15, -0.1) is 0 Å². The van der Waals surface area contributed by atoms with Gasteiger partial charge in [0.25, 0.3) is 0 Å². The molecule has 0 fully saturated rings. The highest BCUT2D eigenvalue weighted by molar-refractivity contribution is 7.47. The first kappa shape index (κ1) is 9.74. The third-order valence-electron chi connectivity index (χ3n) is 1.99. The minimum Gasteiger partial charge on any atom is -0.0901 e. The van der Waals surface area contributed by atoms with Gasteiger partial charge in [-0.05, 0) is 30.4 Å². The lowest BCUT2D eigenvalue weighted by molar-refractivity contribution is 0.895. The summed E-state index contributed by atoms with van der Waals surface area (Å²) in [7, 11) is 1.01. The van der Waals surface area contributed by atoms with Gasteiger partial charge >= 0.3 is 0 Å². The molecule has 1 unspecified atom stereocenters. The van der Waals surface area contributed by atoms with E-state index in [1.165, 1.54) is 24.6 Å². The van der Waals surface area contributed by atoms with Crippen LogP contribution in [0.25, 0.3) is 0 Å². The van der Waals surface area contributed by atoms with Crippen molar-refractivity contribution >= 4 is 13.9 Å². The largest absolute Gasteiger partial charge is 0.0901 e. The summed E-state index contributed by atoms with van der Waals surface area (Å²) < 4.78 is 0. The third-order valence-corrected chi connectivity index (χ3v) is 3.54. The molecule has 1 rings (SSSR count). The van der Waals surface area contributed by atoms with Gasteiger partial charge in [-0.3, -0.25) is 0 Å². The Bertz CT molecular complexity index is 230. The Labute approximate surface area is 77.2 Å². The smallest absolute Gasteiger partial charge is 0.0242 e. The van der Waals surface area contributed by atoms with Crippen molar-refractivity contribution < 1.29 is 0 Å². The maximum Gasteiger partial charge on any atom is -0.0242 e. The predicted octanol–water partition coefficient (Wildman–Crippen LogP) is 3.10. The number of hydrogen-bond acceptors (Lipinski definition) is 0. The second kappa shape index (κ2) is 5.32. The zero-order valence-corrected chi connectivity index (χ0v) is 8.93. The maximum atomic E-state index is 2.25. The van der Waals surface area contributed by atoms with Crippen LogP contribution in [0.5, 0.6) is 0 Å². The van der Waals surface area contributed by atoms with Crippen molar-refractivity contribution in [3.63, 3.8) is 0 Å². The molecule has 1 aromatic rings. The molecule has 1 heteroatoms. The second-order valence-electron chi connectivity index (χ2n) is 3.10. The highest BCUT2D eigenvalue weighted by Crippen LogP contribution is 2.14. The monoisotopic (exact) mass is 180 g/mol. The van der Waals surface area contributed by atoms with Gasteiger partial charge in [0, 0.05) is 0 Å². The summed E-state index contributed by atoms with van der Waals surface area (Å²) in [6, 6.07) is 8.71. The Morgan fingerprint density at radius 1 is 1.25 bits per heavy atom. The molecule has 0 spiro atoms. The van der Waals surface area contributed by atoms with E-state index >= 15 is 0 Å². The number of rotatable bonds is 4. The Kier molecular flexibility index (Phi) is 4.32. The molecule has 66 valence electrons. The molecule has 0 bridgehead atoms. The van der Waals surface area contributed by atoms with E-state index in [4.69, 9.17) is 0 Å². The van der Waals surface area contributed by atoms with Crippen LogP contribution in [0.15, 0.2) is 24.3 Å². The highest BCUT2D eigenvalue weighted by atomic mass is 31.1. The summed E-state index contributed by atoms with van der Waals surface area (Å²) >= 11 is 0. The van der Waals surface area contributed by atoms with E-state index in [1.54, 1.807) is 5.30 Å². The lowest BCUT2D eigenvalue weighted by Gasteiger charge is -2.03. The predicted molar refractivity (Wildman–Crippen MR) is 58.9 cm³/mol. The molecule has 0 heterocycles. The second-order valence-corrected chi connectivity index (χ2v) is 4.49. The van der Waals surface area contributed by atoms with Crippen molar-refractivity contribution in [2.75, 3.05) is 6.16 Å². The van der Waals surface area contributed by atoms with Crippen LogP contribution >= 0.6 is 8.58 Å². The van der Waals surface area contributed by atoms with Gasteiger partial charge in [-0.1, -0.05) is 46.2 Å². The minimum atomic E-state index is 1.01. The van der Waals surface area contributed by atoms with E-state index in [2.05, 4.69) is 38.1 Å². The molecular formula is C11H17P.